The molecule has 2 aromatic carbocycles. The average molecular weight is 343 g/mol. The Bertz CT molecular complexity index is 804. The van der Waals surface area contributed by atoms with E-state index in [1.807, 2.05) is 38.1 Å². The highest BCUT2D eigenvalue weighted by Crippen LogP contribution is 2.28. The molecular weight excluding hydrogens is 324 g/mol. The summed E-state index contributed by atoms with van der Waals surface area (Å²) in [4.78, 5) is 26.4. The third-order valence-electron chi connectivity index (χ3n) is 4.39. The van der Waals surface area contributed by atoms with Crippen LogP contribution < -0.4 is 10.2 Å². The van der Waals surface area contributed by atoms with Crippen LogP contribution in [-0.4, -0.2) is 18.4 Å². The van der Waals surface area contributed by atoms with Crippen LogP contribution in [0.4, 0.5) is 11.4 Å². The number of rotatable bonds is 3. The molecule has 1 atom stereocenters. The molecule has 3 rings (SSSR count). The number of anilines is 2. The van der Waals surface area contributed by atoms with Crippen molar-refractivity contribution in [1.29, 1.82) is 0 Å². The average Bonchev–Trinajstić information content (AvgIpc) is 2.93. The summed E-state index contributed by atoms with van der Waals surface area (Å²) in [6.45, 7) is 4.40. The number of hydrogen-bond acceptors (Lipinski definition) is 2. The highest BCUT2D eigenvalue weighted by Gasteiger charge is 2.35. The van der Waals surface area contributed by atoms with E-state index in [0.29, 0.717) is 11.6 Å². The maximum absolute atomic E-state index is 12.5. The van der Waals surface area contributed by atoms with Gasteiger partial charge in [0.15, 0.2) is 0 Å². The first-order valence-corrected chi connectivity index (χ1v) is 8.26. The number of carbonyl (C=O) groups is 2. The van der Waals surface area contributed by atoms with Gasteiger partial charge in [0.25, 0.3) is 0 Å². The van der Waals surface area contributed by atoms with Crippen molar-refractivity contribution in [2.75, 3.05) is 16.8 Å². The Morgan fingerprint density at radius 2 is 1.96 bits per heavy atom. The van der Waals surface area contributed by atoms with Crippen molar-refractivity contribution in [1.82, 2.24) is 0 Å². The SMILES string of the molecule is Cc1ccc(NC(=O)[C@H]2CC(=O)N(c3cccc(Cl)c3)C2)cc1C. The third-order valence-corrected chi connectivity index (χ3v) is 4.63. The minimum Gasteiger partial charge on any atom is -0.326 e. The van der Waals surface area contributed by atoms with Crippen molar-refractivity contribution in [3.8, 4) is 0 Å². The number of hydrogen-bond donors (Lipinski definition) is 1. The number of nitrogens with zero attached hydrogens (tertiary/aromatic N) is 1. The number of carbonyl (C=O) groups excluding carboxylic acids is 2. The van der Waals surface area contributed by atoms with Crippen molar-refractivity contribution in [2.24, 2.45) is 5.92 Å². The van der Waals surface area contributed by atoms with Gasteiger partial charge in [-0.2, -0.15) is 0 Å². The Morgan fingerprint density at radius 1 is 1.17 bits per heavy atom. The molecule has 0 aromatic heterocycles. The second-order valence-electron chi connectivity index (χ2n) is 6.17. The highest BCUT2D eigenvalue weighted by molar-refractivity contribution is 6.31. The smallest absolute Gasteiger partial charge is 0.229 e. The second kappa shape index (κ2) is 6.65. The zero-order chi connectivity index (χ0) is 17.3. The number of halogens is 1. The summed E-state index contributed by atoms with van der Waals surface area (Å²) < 4.78 is 0. The molecule has 2 aromatic rings. The zero-order valence-electron chi connectivity index (χ0n) is 13.7. The summed E-state index contributed by atoms with van der Waals surface area (Å²) in [5, 5.41) is 3.48. The Hall–Kier alpha value is -2.33. The van der Waals surface area contributed by atoms with Crippen LogP contribution in [0.5, 0.6) is 0 Å². The van der Waals surface area contributed by atoms with E-state index in [2.05, 4.69) is 5.32 Å². The van der Waals surface area contributed by atoms with E-state index in [-0.39, 0.29) is 24.2 Å². The van der Waals surface area contributed by atoms with Gasteiger partial charge >= 0.3 is 0 Å². The maximum Gasteiger partial charge on any atom is 0.229 e. The van der Waals surface area contributed by atoms with E-state index in [1.54, 1.807) is 23.1 Å². The van der Waals surface area contributed by atoms with Gasteiger partial charge < -0.3 is 10.2 Å². The molecule has 0 saturated carbocycles. The molecule has 1 aliphatic rings. The van der Waals surface area contributed by atoms with Crippen LogP contribution in [0, 0.1) is 19.8 Å². The van der Waals surface area contributed by atoms with E-state index in [9.17, 15) is 9.59 Å². The summed E-state index contributed by atoms with van der Waals surface area (Å²) in [7, 11) is 0. The second-order valence-corrected chi connectivity index (χ2v) is 6.61. The molecule has 124 valence electrons. The van der Waals surface area contributed by atoms with Gasteiger partial charge in [-0.05, 0) is 55.3 Å². The van der Waals surface area contributed by atoms with Gasteiger partial charge in [0.2, 0.25) is 11.8 Å². The van der Waals surface area contributed by atoms with Crippen LogP contribution in [0.25, 0.3) is 0 Å². The first-order chi connectivity index (χ1) is 11.4. The highest BCUT2D eigenvalue weighted by atomic mass is 35.5. The Balaban J connectivity index is 1.70. The number of benzene rings is 2. The fourth-order valence-corrected chi connectivity index (χ4v) is 3.02. The van der Waals surface area contributed by atoms with Crippen LogP contribution in [0.1, 0.15) is 17.5 Å². The third kappa shape index (κ3) is 3.44. The van der Waals surface area contributed by atoms with Gasteiger partial charge in [0.1, 0.15) is 0 Å². The first kappa shape index (κ1) is 16.5. The molecule has 5 heteroatoms. The molecule has 0 radical (unpaired) electrons. The summed E-state index contributed by atoms with van der Waals surface area (Å²) in [5.74, 6) is -0.549. The Morgan fingerprint density at radius 3 is 2.67 bits per heavy atom. The first-order valence-electron chi connectivity index (χ1n) is 7.88. The molecule has 1 N–H and O–H groups in total. The zero-order valence-corrected chi connectivity index (χ0v) is 14.4. The molecule has 24 heavy (non-hydrogen) atoms. The van der Waals surface area contributed by atoms with Crippen LogP contribution in [0.3, 0.4) is 0 Å². The predicted molar refractivity (Wildman–Crippen MR) is 96.5 cm³/mol. The van der Waals surface area contributed by atoms with Gasteiger partial charge in [-0.1, -0.05) is 23.7 Å². The molecule has 0 spiro atoms. The van der Waals surface area contributed by atoms with Crippen molar-refractivity contribution < 1.29 is 9.59 Å². The van der Waals surface area contributed by atoms with Crippen molar-refractivity contribution in [3.63, 3.8) is 0 Å². The van der Waals surface area contributed by atoms with E-state index < -0.39 is 0 Å². The van der Waals surface area contributed by atoms with Crippen LogP contribution in [0.15, 0.2) is 42.5 Å². The summed E-state index contributed by atoms with van der Waals surface area (Å²) >= 11 is 5.99. The van der Waals surface area contributed by atoms with Gasteiger partial charge in [0, 0.05) is 29.4 Å². The molecule has 1 fully saturated rings. The predicted octanol–water partition coefficient (Wildman–Crippen LogP) is 3.95. The van der Waals surface area contributed by atoms with Crippen LogP contribution in [-0.2, 0) is 9.59 Å². The Labute approximate surface area is 146 Å². The lowest BCUT2D eigenvalue weighted by Crippen LogP contribution is -2.28. The lowest BCUT2D eigenvalue weighted by atomic mass is 10.1. The summed E-state index contributed by atoms with van der Waals surface area (Å²) in [5.41, 5.74) is 3.79. The minimum atomic E-state index is -0.363. The van der Waals surface area contributed by atoms with E-state index in [4.69, 9.17) is 11.6 Å². The van der Waals surface area contributed by atoms with E-state index in [1.165, 1.54) is 5.56 Å². The summed E-state index contributed by atoms with van der Waals surface area (Å²) in [6.07, 6.45) is 0.211. The molecule has 1 heterocycles. The number of aryl methyl sites for hydroxylation is 2. The van der Waals surface area contributed by atoms with Crippen LogP contribution in [0.2, 0.25) is 5.02 Å². The van der Waals surface area contributed by atoms with Gasteiger partial charge in [-0.3, -0.25) is 9.59 Å². The minimum absolute atomic E-state index is 0.0579. The number of amides is 2. The molecule has 1 aliphatic heterocycles. The number of nitrogens with one attached hydrogen (secondary N) is 1. The van der Waals surface area contributed by atoms with Crippen LogP contribution >= 0.6 is 11.6 Å². The van der Waals surface area contributed by atoms with Gasteiger partial charge in [-0.25, -0.2) is 0 Å². The molecule has 0 unspecified atom stereocenters. The van der Waals surface area contributed by atoms with Gasteiger partial charge in [0.05, 0.1) is 5.92 Å². The summed E-state index contributed by atoms with van der Waals surface area (Å²) in [6, 6.07) is 12.9. The fraction of sp³-hybridized carbons (Fsp3) is 0.263. The van der Waals surface area contributed by atoms with Crippen molar-refractivity contribution >= 4 is 34.8 Å². The fourth-order valence-electron chi connectivity index (χ4n) is 2.84. The molecule has 0 bridgehead atoms. The lowest BCUT2D eigenvalue weighted by Gasteiger charge is -2.17. The monoisotopic (exact) mass is 342 g/mol. The largest absolute Gasteiger partial charge is 0.326 e. The van der Waals surface area contributed by atoms with Crippen molar-refractivity contribution in [2.45, 2.75) is 20.3 Å². The van der Waals surface area contributed by atoms with E-state index >= 15 is 0 Å². The van der Waals surface area contributed by atoms with E-state index in [0.717, 1.165) is 16.9 Å². The Kier molecular flexibility index (Phi) is 4.58. The molecule has 4 nitrogen and oxygen atoms in total. The quantitative estimate of drug-likeness (QED) is 0.918. The molecule has 1 saturated heterocycles. The standard InChI is InChI=1S/C19H19ClN2O2/c1-12-6-7-16(8-13(12)2)21-19(24)14-9-18(23)22(11-14)17-5-3-4-15(20)10-17/h3-8,10,14H,9,11H2,1-2H3,(H,21,24)/t14-/m0/s1. The topological polar surface area (TPSA) is 49.4 Å². The molecule has 0 aliphatic carbocycles. The van der Waals surface area contributed by atoms with Gasteiger partial charge in [-0.15, -0.1) is 0 Å². The lowest BCUT2D eigenvalue weighted by molar-refractivity contribution is -0.122. The maximum atomic E-state index is 12.5. The van der Waals surface area contributed by atoms with Crippen molar-refractivity contribution in [3.05, 3.63) is 58.6 Å². The normalized spacial score (nSPS) is 17.2. The molecule has 2 amide bonds. The molecular formula is C19H19ClN2O2.